The molecule has 21 heteroatoms. The summed E-state index contributed by atoms with van der Waals surface area (Å²) in [5.41, 5.74) is 0. The topological polar surface area (TPSA) is 2.70 Å². The van der Waals surface area contributed by atoms with Crippen LogP contribution in [0.4, 0.5) is 69.1 Å². The van der Waals surface area contributed by atoms with Crippen LogP contribution in [0, 0.1) is 0 Å². The van der Waals surface area contributed by atoms with Crippen molar-refractivity contribution >= 4 is 29.0 Å². The first-order valence-electron chi connectivity index (χ1n) is 4.72. The van der Waals surface area contributed by atoms with Crippen LogP contribution in [0.3, 0.4) is 0 Å². The van der Waals surface area contributed by atoms with Gasteiger partial charge in [0.25, 0.3) is 0 Å². The van der Waals surface area contributed by atoms with Crippen LogP contribution in [-0.4, -0.2) is 50.3 Å². The van der Waals surface area contributed by atoms with Gasteiger partial charge in [-0.2, -0.15) is 0 Å². The Morgan fingerprint density at radius 1 is 0.333 bits per heavy atom. The monoisotopic (exact) mass is 409 g/mol. The molecule has 0 aliphatic carbocycles. The van der Waals surface area contributed by atoms with Gasteiger partial charge in [-0.15, -0.1) is 0 Å². The zero-order chi connectivity index (χ0) is 21.6. The summed E-state index contributed by atoms with van der Waals surface area (Å²) in [5, 5.41) is 0. The first-order valence-corrected chi connectivity index (χ1v) is 4.72. The number of hydrogen-bond donors (Lipinski definition) is 0. The molecule has 0 saturated heterocycles. The summed E-state index contributed by atoms with van der Waals surface area (Å²) in [4.78, 5) is 0. The lowest BCUT2D eigenvalue weighted by atomic mass is 10.3. The molecule has 0 aromatic heterocycles. The van der Waals surface area contributed by atoms with Gasteiger partial charge in [-0.25, -0.2) is 0 Å². The highest BCUT2D eigenvalue weighted by atomic mass is 19.5. The van der Waals surface area contributed by atoms with Crippen LogP contribution in [0.15, 0.2) is 0 Å². The molecule has 0 N–H and O–H groups in total. The molecule has 0 heterocycles. The van der Waals surface area contributed by atoms with Gasteiger partial charge in [0.2, 0.25) is 0 Å². The second-order valence-corrected chi connectivity index (χ2v) is 3.20. The van der Waals surface area contributed by atoms with Crippen LogP contribution in [0.5, 0.6) is 0 Å². The molecule has 0 atom stereocenters. The van der Waals surface area contributed by atoms with Gasteiger partial charge in [-0.05, 0) is 0 Å². The van der Waals surface area contributed by atoms with Crippen LogP contribution < -0.4 is 0 Å². The minimum absolute atomic E-state index is 1.92. The van der Waals surface area contributed by atoms with Crippen molar-refractivity contribution in [3.05, 3.63) is 0 Å². The Morgan fingerprint density at radius 2 is 0.333 bits per heavy atom. The van der Waals surface area contributed by atoms with Gasteiger partial charge in [0, 0.05) is 0 Å². The highest BCUT2D eigenvalue weighted by Crippen LogP contribution is 2.08. The molecule has 0 saturated carbocycles. The van der Waals surface area contributed by atoms with E-state index in [0.29, 0.717) is 0 Å². The second-order valence-electron chi connectivity index (χ2n) is 3.20. The van der Waals surface area contributed by atoms with E-state index in [0.717, 1.165) is 0 Å². The molecule has 154 valence electrons. The molecule has 0 aromatic carbocycles. The maximum atomic E-state index is 9.75. The maximum Gasteiger partial charge on any atom is 0.673 e. The SMILES string of the molecule is C[O+](C)C.F[B-](F)(F)F.F[B-](F)(F)F.F[B-](F)(F)F.F[B-](F)(F)F. The normalized spacial score (nSPS) is 11.5. The number of hydrogen-bond acceptors (Lipinski definition) is 0. The van der Waals surface area contributed by atoms with Crippen LogP contribution in [0.2, 0.25) is 0 Å². The van der Waals surface area contributed by atoms with Crippen LogP contribution >= 0.6 is 0 Å². The summed E-state index contributed by atoms with van der Waals surface area (Å²) in [5.74, 6) is 0. The molecule has 0 radical (unpaired) electrons. The Balaban J connectivity index is -0.0000000628. The van der Waals surface area contributed by atoms with Crippen LogP contribution in [-0.2, 0) is 4.37 Å². The highest BCUT2D eigenvalue weighted by Gasteiger charge is 2.21. The zero-order valence-corrected chi connectivity index (χ0v) is 11.8. The molecular weight excluding hydrogens is 399 g/mol. The molecule has 0 bridgehead atoms. The van der Waals surface area contributed by atoms with Gasteiger partial charge in [0.05, 0.1) is 0 Å². The quantitative estimate of drug-likeness (QED) is 0.278. The van der Waals surface area contributed by atoms with Crippen molar-refractivity contribution in [1.82, 2.24) is 0 Å². The molecule has 0 rings (SSSR count). The van der Waals surface area contributed by atoms with Gasteiger partial charge < -0.3 is 73.4 Å². The van der Waals surface area contributed by atoms with Gasteiger partial charge in [-0.1, -0.05) is 0 Å². The summed E-state index contributed by atoms with van der Waals surface area (Å²) >= 11 is 0. The average molecular weight is 408 g/mol. The van der Waals surface area contributed by atoms with E-state index in [1.54, 1.807) is 0 Å². The lowest BCUT2D eigenvalue weighted by Gasteiger charge is -1.94. The summed E-state index contributed by atoms with van der Waals surface area (Å²) in [6.07, 6.45) is 0. The Morgan fingerprint density at radius 3 is 0.333 bits per heavy atom. The third-order valence-corrected chi connectivity index (χ3v) is 0. The fraction of sp³-hybridized carbons (Fsp3) is 1.00. The maximum absolute atomic E-state index is 9.75. The number of halogens is 16. The van der Waals surface area contributed by atoms with Crippen molar-refractivity contribution in [1.29, 1.82) is 0 Å². The summed E-state index contributed by atoms with van der Waals surface area (Å²) < 4.78 is 159. The minimum Gasteiger partial charge on any atom is -0.429 e. The van der Waals surface area contributed by atoms with Crippen molar-refractivity contribution in [3.63, 3.8) is 0 Å². The Labute approximate surface area is 125 Å². The summed E-state index contributed by atoms with van der Waals surface area (Å²) in [6.45, 7) is 0. The highest BCUT2D eigenvalue weighted by molar-refractivity contribution is 6.50. The van der Waals surface area contributed by atoms with Gasteiger partial charge in [0.15, 0.2) is 0 Å². The van der Waals surface area contributed by atoms with Crippen molar-refractivity contribution in [2.75, 3.05) is 21.3 Å². The van der Waals surface area contributed by atoms with E-state index in [-0.39, 0.29) is 0 Å². The fourth-order valence-electron chi connectivity index (χ4n) is 0. The molecule has 24 heavy (non-hydrogen) atoms. The Kier molecular flexibility index (Phi) is 20.7. The molecule has 0 aromatic rings. The molecule has 0 aliphatic heterocycles. The molecule has 0 amide bonds. The molecule has 0 fully saturated rings. The second kappa shape index (κ2) is 14.4. The zero-order valence-electron chi connectivity index (χ0n) is 11.8. The smallest absolute Gasteiger partial charge is 0.429 e. The average Bonchev–Trinajstić information content (AvgIpc) is 1.82. The van der Waals surface area contributed by atoms with Crippen molar-refractivity contribution < 1.29 is 73.4 Å². The molecule has 0 unspecified atom stereocenters. The van der Waals surface area contributed by atoms with Gasteiger partial charge in [0.1, 0.15) is 21.3 Å². The van der Waals surface area contributed by atoms with E-state index in [1.165, 1.54) is 0 Å². The van der Waals surface area contributed by atoms with Gasteiger partial charge in [-0.3, -0.25) is 0 Å². The van der Waals surface area contributed by atoms with Crippen molar-refractivity contribution in [2.45, 2.75) is 0 Å². The third-order valence-electron chi connectivity index (χ3n) is 0. The van der Waals surface area contributed by atoms with Crippen LogP contribution in [0.1, 0.15) is 0 Å². The van der Waals surface area contributed by atoms with E-state index in [9.17, 15) is 69.1 Å². The van der Waals surface area contributed by atoms with E-state index in [4.69, 9.17) is 0 Å². The third kappa shape index (κ3) is 10500. The van der Waals surface area contributed by atoms with Crippen molar-refractivity contribution in [2.24, 2.45) is 0 Å². The lowest BCUT2D eigenvalue weighted by molar-refractivity contribution is -0.00282. The first kappa shape index (κ1) is 34.4. The predicted molar refractivity (Wildman–Crippen MR) is 59.6 cm³/mol. The molecule has 1 nitrogen and oxygen atoms in total. The van der Waals surface area contributed by atoms with Crippen molar-refractivity contribution in [3.8, 4) is 0 Å². The Hall–Kier alpha value is -0.900. The van der Waals surface area contributed by atoms with Crippen LogP contribution in [0.25, 0.3) is 0 Å². The summed E-state index contributed by atoms with van der Waals surface area (Å²) in [7, 11) is -18.2. The standard InChI is InChI=1S/C3H9O.4BF4/c1-4(2)3;4*2-1(3,4)5/h1-3H3;;;;/q+1;4*-1. The largest absolute Gasteiger partial charge is 0.673 e. The van der Waals surface area contributed by atoms with E-state index in [2.05, 4.69) is 4.37 Å². The van der Waals surface area contributed by atoms with E-state index in [1.807, 2.05) is 21.3 Å². The minimum atomic E-state index is -6.00. The van der Waals surface area contributed by atoms with E-state index >= 15 is 0 Å². The first-order chi connectivity index (χ1) is 9.73. The molecular formula is C3H9B4F16O-3. The molecule has 0 spiro atoms. The molecule has 0 aliphatic rings. The number of rotatable bonds is 0. The lowest BCUT2D eigenvalue weighted by Crippen LogP contribution is -2.02. The predicted octanol–water partition coefficient (Wildman–Crippen LogP) is 5.63. The Bertz CT molecular complexity index is 175. The van der Waals surface area contributed by atoms with E-state index < -0.39 is 29.0 Å². The fourth-order valence-corrected chi connectivity index (χ4v) is 0. The van der Waals surface area contributed by atoms with Gasteiger partial charge >= 0.3 is 29.0 Å². The summed E-state index contributed by atoms with van der Waals surface area (Å²) in [6, 6.07) is 0.